The van der Waals surface area contributed by atoms with Crippen LogP contribution in [0.15, 0.2) is 42.7 Å². The standard InChI is InChI=1S/C21H25N3O/c25-21(24-12-6-8-16-7-4-5-11-20(16)24)17-13-19(15-22-14-17)23-18-9-2-1-3-10-18/h4-5,7,11,13-15,18,23H,1-3,6,8-10,12H2. The molecule has 1 fully saturated rings. The van der Waals surface area contributed by atoms with Crippen LogP contribution in [0.3, 0.4) is 0 Å². The van der Waals surface area contributed by atoms with Crippen LogP contribution in [0, 0.1) is 0 Å². The van der Waals surface area contributed by atoms with Gasteiger partial charge in [-0.1, -0.05) is 37.5 Å². The average Bonchev–Trinajstić information content (AvgIpc) is 2.68. The van der Waals surface area contributed by atoms with Crippen molar-refractivity contribution in [1.29, 1.82) is 0 Å². The fourth-order valence-electron chi connectivity index (χ4n) is 4.02. The van der Waals surface area contributed by atoms with Crippen molar-refractivity contribution in [3.8, 4) is 0 Å². The first-order valence-electron chi connectivity index (χ1n) is 9.42. The zero-order chi connectivity index (χ0) is 17.1. The largest absolute Gasteiger partial charge is 0.381 e. The molecule has 25 heavy (non-hydrogen) atoms. The van der Waals surface area contributed by atoms with E-state index in [-0.39, 0.29) is 5.91 Å². The Labute approximate surface area is 149 Å². The third-order valence-corrected chi connectivity index (χ3v) is 5.32. The number of pyridine rings is 1. The molecule has 2 heterocycles. The topological polar surface area (TPSA) is 45.2 Å². The molecule has 1 N–H and O–H groups in total. The van der Waals surface area contributed by atoms with E-state index in [1.165, 1.54) is 37.7 Å². The Morgan fingerprint density at radius 2 is 1.92 bits per heavy atom. The van der Waals surface area contributed by atoms with Crippen molar-refractivity contribution in [2.24, 2.45) is 0 Å². The van der Waals surface area contributed by atoms with Gasteiger partial charge in [0.1, 0.15) is 0 Å². The van der Waals surface area contributed by atoms with Gasteiger partial charge in [0.05, 0.1) is 11.3 Å². The van der Waals surface area contributed by atoms with Crippen LogP contribution >= 0.6 is 0 Å². The van der Waals surface area contributed by atoms with Crippen molar-refractivity contribution in [3.05, 3.63) is 53.9 Å². The van der Waals surface area contributed by atoms with Gasteiger partial charge in [-0.05, 0) is 43.4 Å². The fourth-order valence-corrected chi connectivity index (χ4v) is 4.02. The Kier molecular flexibility index (Phi) is 4.68. The van der Waals surface area contributed by atoms with Crippen molar-refractivity contribution in [2.75, 3.05) is 16.8 Å². The molecule has 1 aromatic heterocycles. The van der Waals surface area contributed by atoms with Gasteiger partial charge in [-0.2, -0.15) is 0 Å². The lowest BCUT2D eigenvalue weighted by atomic mass is 9.95. The minimum Gasteiger partial charge on any atom is -0.381 e. The zero-order valence-electron chi connectivity index (χ0n) is 14.6. The number of amides is 1. The minimum absolute atomic E-state index is 0.0481. The lowest BCUT2D eigenvalue weighted by Gasteiger charge is -2.29. The Hall–Kier alpha value is -2.36. The van der Waals surface area contributed by atoms with Crippen LogP contribution in [0.2, 0.25) is 0 Å². The van der Waals surface area contributed by atoms with Crippen LogP contribution in [0.5, 0.6) is 0 Å². The molecule has 1 amide bonds. The molecule has 1 aliphatic carbocycles. The number of aryl methyl sites for hydroxylation is 1. The van der Waals surface area contributed by atoms with Crippen LogP contribution in [0.1, 0.15) is 54.4 Å². The van der Waals surface area contributed by atoms with E-state index in [0.717, 1.165) is 30.8 Å². The first-order valence-corrected chi connectivity index (χ1v) is 9.42. The summed E-state index contributed by atoms with van der Waals surface area (Å²) >= 11 is 0. The second-order valence-corrected chi connectivity index (χ2v) is 7.13. The molecule has 0 saturated heterocycles. The quantitative estimate of drug-likeness (QED) is 0.903. The monoisotopic (exact) mass is 335 g/mol. The van der Waals surface area contributed by atoms with Crippen LogP contribution in [-0.4, -0.2) is 23.5 Å². The molecule has 4 rings (SSSR count). The molecule has 130 valence electrons. The smallest absolute Gasteiger partial charge is 0.259 e. The van der Waals surface area contributed by atoms with Gasteiger partial charge in [0.25, 0.3) is 5.91 Å². The number of benzene rings is 1. The zero-order valence-corrected chi connectivity index (χ0v) is 14.6. The van der Waals surface area contributed by atoms with Gasteiger partial charge in [-0.25, -0.2) is 0 Å². The first kappa shape index (κ1) is 16.1. The lowest BCUT2D eigenvalue weighted by molar-refractivity contribution is 0.0985. The second-order valence-electron chi connectivity index (χ2n) is 7.13. The van der Waals surface area contributed by atoms with E-state index < -0.39 is 0 Å². The predicted octanol–water partition coefficient (Wildman–Crippen LogP) is 4.42. The van der Waals surface area contributed by atoms with E-state index >= 15 is 0 Å². The van der Waals surface area contributed by atoms with Gasteiger partial charge >= 0.3 is 0 Å². The SMILES string of the molecule is O=C(c1cncc(NC2CCCCC2)c1)N1CCCc2ccccc21. The third-order valence-electron chi connectivity index (χ3n) is 5.32. The summed E-state index contributed by atoms with van der Waals surface area (Å²) in [7, 11) is 0. The summed E-state index contributed by atoms with van der Waals surface area (Å²) in [6, 6.07) is 10.7. The van der Waals surface area contributed by atoms with Gasteiger partial charge < -0.3 is 10.2 Å². The lowest BCUT2D eigenvalue weighted by Crippen LogP contribution is -2.35. The van der Waals surface area contributed by atoms with Crippen LogP contribution in [-0.2, 0) is 6.42 Å². The molecule has 4 heteroatoms. The summed E-state index contributed by atoms with van der Waals surface area (Å²) in [4.78, 5) is 19.3. The number of nitrogens with one attached hydrogen (secondary N) is 1. The first-order chi connectivity index (χ1) is 12.3. The number of anilines is 2. The van der Waals surface area contributed by atoms with E-state index in [4.69, 9.17) is 0 Å². The van der Waals surface area contributed by atoms with Crippen molar-refractivity contribution in [3.63, 3.8) is 0 Å². The molecular formula is C21H25N3O. The van der Waals surface area contributed by atoms with Crippen molar-refractivity contribution in [1.82, 2.24) is 4.98 Å². The maximum Gasteiger partial charge on any atom is 0.259 e. The number of carbonyl (C=O) groups excluding carboxylic acids is 1. The molecule has 1 saturated carbocycles. The number of para-hydroxylation sites is 1. The Morgan fingerprint density at radius 1 is 1.08 bits per heavy atom. The third kappa shape index (κ3) is 3.53. The van der Waals surface area contributed by atoms with E-state index in [0.29, 0.717) is 11.6 Å². The van der Waals surface area contributed by atoms with Crippen molar-refractivity contribution >= 4 is 17.3 Å². The summed E-state index contributed by atoms with van der Waals surface area (Å²) in [5.74, 6) is 0.0481. The highest BCUT2D eigenvalue weighted by atomic mass is 16.2. The summed E-state index contributed by atoms with van der Waals surface area (Å²) in [5, 5.41) is 3.56. The van der Waals surface area contributed by atoms with E-state index in [2.05, 4.69) is 16.4 Å². The highest BCUT2D eigenvalue weighted by Gasteiger charge is 2.24. The molecule has 1 aliphatic heterocycles. The van der Waals surface area contributed by atoms with Gasteiger partial charge in [-0.3, -0.25) is 9.78 Å². The average molecular weight is 335 g/mol. The van der Waals surface area contributed by atoms with E-state index in [1.807, 2.05) is 35.4 Å². The molecule has 0 bridgehead atoms. The number of fused-ring (bicyclic) bond motifs is 1. The maximum atomic E-state index is 13.1. The van der Waals surface area contributed by atoms with Crippen LogP contribution in [0.25, 0.3) is 0 Å². The molecule has 4 nitrogen and oxygen atoms in total. The summed E-state index contributed by atoms with van der Waals surface area (Å²) in [6.45, 7) is 0.774. The Bertz CT molecular complexity index is 752. The van der Waals surface area contributed by atoms with Crippen LogP contribution in [0.4, 0.5) is 11.4 Å². The molecule has 0 unspecified atom stereocenters. The molecule has 2 aliphatic rings. The molecule has 0 radical (unpaired) electrons. The number of aromatic nitrogens is 1. The number of carbonyl (C=O) groups is 1. The second kappa shape index (κ2) is 7.26. The van der Waals surface area contributed by atoms with Gasteiger partial charge in [-0.15, -0.1) is 0 Å². The van der Waals surface area contributed by atoms with E-state index in [9.17, 15) is 4.79 Å². The normalized spacial score (nSPS) is 17.8. The number of rotatable bonds is 3. The Balaban J connectivity index is 1.54. The van der Waals surface area contributed by atoms with Gasteiger partial charge in [0, 0.05) is 30.7 Å². The van der Waals surface area contributed by atoms with Gasteiger partial charge in [0.2, 0.25) is 0 Å². The minimum atomic E-state index is 0.0481. The summed E-state index contributed by atoms with van der Waals surface area (Å²) in [5.41, 5.74) is 3.93. The van der Waals surface area contributed by atoms with Gasteiger partial charge in [0.15, 0.2) is 0 Å². The van der Waals surface area contributed by atoms with Crippen molar-refractivity contribution in [2.45, 2.75) is 51.0 Å². The Morgan fingerprint density at radius 3 is 2.80 bits per heavy atom. The molecule has 0 spiro atoms. The number of hydrogen-bond donors (Lipinski definition) is 1. The molecular weight excluding hydrogens is 310 g/mol. The van der Waals surface area contributed by atoms with Crippen LogP contribution < -0.4 is 10.2 Å². The summed E-state index contributed by atoms with van der Waals surface area (Å²) in [6.07, 6.45) is 11.9. The molecule has 2 aromatic rings. The highest BCUT2D eigenvalue weighted by Crippen LogP contribution is 2.28. The number of hydrogen-bond acceptors (Lipinski definition) is 3. The van der Waals surface area contributed by atoms with Crippen molar-refractivity contribution < 1.29 is 4.79 Å². The maximum absolute atomic E-state index is 13.1. The number of nitrogens with zero attached hydrogens (tertiary/aromatic N) is 2. The van der Waals surface area contributed by atoms with E-state index in [1.54, 1.807) is 6.20 Å². The predicted molar refractivity (Wildman–Crippen MR) is 101 cm³/mol. The molecule has 0 atom stereocenters. The molecule has 1 aromatic carbocycles. The fraction of sp³-hybridized carbons (Fsp3) is 0.429. The highest BCUT2D eigenvalue weighted by molar-refractivity contribution is 6.07. The summed E-state index contributed by atoms with van der Waals surface area (Å²) < 4.78 is 0.